The molecule has 2 amide bonds. The molecule has 2 aromatic carbocycles. The van der Waals surface area contributed by atoms with E-state index < -0.39 is 5.92 Å². The van der Waals surface area contributed by atoms with Crippen LogP contribution in [0.3, 0.4) is 0 Å². The molecule has 0 aromatic heterocycles. The van der Waals surface area contributed by atoms with Crippen molar-refractivity contribution < 1.29 is 18.7 Å². The van der Waals surface area contributed by atoms with Gasteiger partial charge in [-0.05, 0) is 48.4 Å². The van der Waals surface area contributed by atoms with Gasteiger partial charge in [-0.1, -0.05) is 12.1 Å². The van der Waals surface area contributed by atoms with Crippen LogP contribution in [0.4, 0.5) is 10.1 Å². The molecular weight excluding hydrogens is 323 g/mol. The zero-order valence-electron chi connectivity index (χ0n) is 13.9. The average molecular weight is 342 g/mol. The van der Waals surface area contributed by atoms with Gasteiger partial charge in [0.15, 0.2) is 0 Å². The van der Waals surface area contributed by atoms with E-state index in [1.54, 1.807) is 41.3 Å². The van der Waals surface area contributed by atoms with Crippen molar-refractivity contribution in [3.8, 4) is 5.75 Å². The molecule has 0 unspecified atom stereocenters. The van der Waals surface area contributed by atoms with Crippen LogP contribution in [0.1, 0.15) is 12.0 Å². The summed E-state index contributed by atoms with van der Waals surface area (Å²) in [6.07, 6.45) is 0.515. The SMILES string of the molecule is CNC(=O)[C@@H]1CCN(c2ccc(OCc3ccc(F)cc3)cc2)C1=O. The van der Waals surface area contributed by atoms with Gasteiger partial charge in [0.05, 0.1) is 0 Å². The van der Waals surface area contributed by atoms with Gasteiger partial charge < -0.3 is 15.0 Å². The van der Waals surface area contributed by atoms with Crippen molar-refractivity contribution in [2.45, 2.75) is 13.0 Å². The summed E-state index contributed by atoms with van der Waals surface area (Å²) in [4.78, 5) is 25.6. The highest BCUT2D eigenvalue weighted by molar-refractivity contribution is 6.09. The zero-order valence-corrected chi connectivity index (χ0v) is 13.9. The number of nitrogens with zero attached hydrogens (tertiary/aromatic N) is 1. The summed E-state index contributed by atoms with van der Waals surface area (Å²) in [5, 5.41) is 2.52. The van der Waals surface area contributed by atoms with Crippen LogP contribution < -0.4 is 15.0 Å². The van der Waals surface area contributed by atoms with Gasteiger partial charge in [0.2, 0.25) is 11.8 Å². The van der Waals surface area contributed by atoms with Crippen LogP contribution in [0, 0.1) is 11.7 Å². The maximum absolute atomic E-state index is 12.9. The topological polar surface area (TPSA) is 58.6 Å². The van der Waals surface area contributed by atoms with Crippen molar-refractivity contribution in [3.05, 3.63) is 59.9 Å². The summed E-state index contributed by atoms with van der Waals surface area (Å²) in [6, 6.07) is 13.3. The molecule has 1 saturated heterocycles. The summed E-state index contributed by atoms with van der Waals surface area (Å²) in [5.41, 5.74) is 1.61. The molecule has 6 heteroatoms. The number of hydrogen-bond donors (Lipinski definition) is 1. The molecule has 1 heterocycles. The lowest BCUT2D eigenvalue weighted by atomic mass is 10.1. The number of halogens is 1. The Morgan fingerprint density at radius 1 is 1.20 bits per heavy atom. The van der Waals surface area contributed by atoms with E-state index in [4.69, 9.17) is 4.74 Å². The van der Waals surface area contributed by atoms with Crippen molar-refractivity contribution in [1.82, 2.24) is 5.32 Å². The minimum Gasteiger partial charge on any atom is -0.489 e. The fourth-order valence-electron chi connectivity index (χ4n) is 2.82. The summed E-state index contributed by atoms with van der Waals surface area (Å²) in [6.45, 7) is 0.855. The zero-order chi connectivity index (χ0) is 17.8. The fourth-order valence-corrected chi connectivity index (χ4v) is 2.82. The molecule has 0 aliphatic carbocycles. The maximum Gasteiger partial charge on any atom is 0.239 e. The predicted octanol–water partition coefficient (Wildman–Crippen LogP) is 2.50. The van der Waals surface area contributed by atoms with Crippen LogP contribution in [0.5, 0.6) is 5.75 Å². The Morgan fingerprint density at radius 3 is 2.52 bits per heavy atom. The van der Waals surface area contributed by atoms with Crippen molar-refractivity contribution in [2.24, 2.45) is 5.92 Å². The minimum atomic E-state index is -0.612. The third-order valence-corrected chi connectivity index (χ3v) is 4.24. The molecule has 0 bridgehead atoms. The molecule has 0 spiro atoms. The van der Waals surface area contributed by atoms with Crippen molar-refractivity contribution >= 4 is 17.5 Å². The monoisotopic (exact) mass is 342 g/mol. The second-order valence-electron chi connectivity index (χ2n) is 5.85. The van der Waals surface area contributed by atoms with Crippen LogP contribution in [0.2, 0.25) is 0 Å². The van der Waals surface area contributed by atoms with Crippen molar-refractivity contribution in [1.29, 1.82) is 0 Å². The van der Waals surface area contributed by atoms with Gasteiger partial charge in [-0.25, -0.2) is 4.39 Å². The molecule has 1 aliphatic heterocycles. The Bertz CT molecular complexity index is 759. The van der Waals surface area contributed by atoms with Gasteiger partial charge in [-0.3, -0.25) is 9.59 Å². The van der Waals surface area contributed by atoms with Crippen molar-refractivity contribution in [3.63, 3.8) is 0 Å². The van der Waals surface area contributed by atoms with E-state index in [0.717, 1.165) is 11.3 Å². The summed E-state index contributed by atoms with van der Waals surface area (Å²) < 4.78 is 18.5. The lowest BCUT2D eigenvalue weighted by molar-refractivity contribution is -0.131. The first-order chi connectivity index (χ1) is 12.1. The predicted molar refractivity (Wildman–Crippen MR) is 91.7 cm³/mol. The standard InChI is InChI=1S/C19H19FN2O3/c1-21-18(23)17-10-11-22(19(17)24)15-6-8-16(9-7-15)25-12-13-2-4-14(20)5-3-13/h2-9,17H,10-12H2,1H3,(H,21,23)/t17-/m0/s1. The first kappa shape index (κ1) is 17.0. The summed E-state index contributed by atoms with van der Waals surface area (Å²) in [5.74, 6) is -0.661. The molecule has 130 valence electrons. The fraction of sp³-hybridized carbons (Fsp3) is 0.263. The van der Waals surface area contributed by atoms with Crippen LogP contribution in [0.25, 0.3) is 0 Å². The van der Waals surface area contributed by atoms with E-state index >= 15 is 0 Å². The normalized spacial score (nSPS) is 16.8. The van der Waals surface area contributed by atoms with Gasteiger partial charge >= 0.3 is 0 Å². The molecular formula is C19H19FN2O3. The molecule has 0 saturated carbocycles. The van der Waals surface area contributed by atoms with E-state index in [-0.39, 0.29) is 17.6 Å². The number of hydrogen-bond acceptors (Lipinski definition) is 3. The molecule has 25 heavy (non-hydrogen) atoms. The van der Waals surface area contributed by atoms with E-state index in [0.29, 0.717) is 25.3 Å². The molecule has 0 radical (unpaired) electrons. The van der Waals surface area contributed by atoms with E-state index in [1.165, 1.54) is 19.2 Å². The van der Waals surface area contributed by atoms with Gasteiger partial charge in [0.25, 0.3) is 0 Å². The molecule has 2 aromatic rings. The van der Waals surface area contributed by atoms with Gasteiger partial charge in [-0.2, -0.15) is 0 Å². The molecule has 5 nitrogen and oxygen atoms in total. The van der Waals surface area contributed by atoms with Gasteiger partial charge in [-0.15, -0.1) is 0 Å². The first-order valence-corrected chi connectivity index (χ1v) is 8.09. The Morgan fingerprint density at radius 2 is 1.88 bits per heavy atom. The highest BCUT2D eigenvalue weighted by Crippen LogP contribution is 2.27. The number of carbonyl (C=O) groups is 2. The van der Waals surface area contributed by atoms with E-state index in [2.05, 4.69) is 5.32 Å². The van der Waals surface area contributed by atoms with Crippen LogP contribution >= 0.6 is 0 Å². The van der Waals surface area contributed by atoms with Crippen LogP contribution in [0.15, 0.2) is 48.5 Å². The Kier molecular flexibility index (Phi) is 4.97. The molecule has 3 rings (SSSR count). The molecule has 1 atom stereocenters. The third-order valence-electron chi connectivity index (χ3n) is 4.24. The minimum absolute atomic E-state index is 0.181. The Balaban J connectivity index is 1.61. The molecule has 1 N–H and O–H groups in total. The number of anilines is 1. The van der Waals surface area contributed by atoms with E-state index in [9.17, 15) is 14.0 Å². The second-order valence-corrected chi connectivity index (χ2v) is 5.85. The maximum atomic E-state index is 12.9. The molecule has 1 aliphatic rings. The highest BCUT2D eigenvalue weighted by Gasteiger charge is 2.36. The quantitative estimate of drug-likeness (QED) is 0.850. The number of carbonyl (C=O) groups excluding carboxylic acids is 2. The Hall–Kier alpha value is -2.89. The summed E-state index contributed by atoms with van der Waals surface area (Å²) in [7, 11) is 1.53. The lowest BCUT2D eigenvalue weighted by Crippen LogP contribution is -2.35. The second kappa shape index (κ2) is 7.34. The smallest absolute Gasteiger partial charge is 0.239 e. The largest absolute Gasteiger partial charge is 0.489 e. The number of rotatable bonds is 5. The highest BCUT2D eigenvalue weighted by atomic mass is 19.1. The number of benzene rings is 2. The lowest BCUT2D eigenvalue weighted by Gasteiger charge is -2.17. The van der Waals surface area contributed by atoms with Gasteiger partial charge in [0.1, 0.15) is 24.1 Å². The average Bonchev–Trinajstić information content (AvgIpc) is 3.02. The molecule has 1 fully saturated rings. The first-order valence-electron chi connectivity index (χ1n) is 8.09. The summed E-state index contributed by atoms with van der Waals surface area (Å²) >= 11 is 0. The van der Waals surface area contributed by atoms with Crippen molar-refractivity contribution in [2.75, 3.05) is 18.5 Å². The number of nitrogens with one attached hydrogen (secondary N) is 1. The van der Waals surface area contributed by atoms with Crippen LogP contribution in [-0.4, -0.2) is 25.4 Å². The number of ether oxygens (including phenoxy) is 1. The number of amides is 2. The Labute approximate surface area is 145 Å². The van der Waals surface area contributed by atoms with Crippen LogP contribution in [-0.2, 0) is 16.2 Å². The van der Waals surface area contributed by atoms with Gasteiger partial charge in [0, 0.05) is 19.3 Å². The van der Waals surface area contributed by atoms with E-state index in [1.807, 2.05) is 0 Å². The third kappa shape index (κ3) is 3.79.